The summed E-state index contributed by atoms with van der Waals surface area (Å²) in [7, 11) is -2.63. The van der Waals surface area contributed by atoms with Gasteiger partial charge in [0.15, 0.2) is 8.07 Å². The first-order valence-electron chi connectivity index (χ1n) is 12.6. The molecule has 0 aliphatic carbocycles. The molecule has 36 heavy (non-hydrogen) atoms. The average Bonchev–Trinajstić information content (AvgIpc) is 3.30. The molecule has 0 spiro atoms. The van der Waals surface area contributed by atoms with Crippen LogP contribution in [0.1, 0.15) is 26.3 Å². The van der Waals surface area contributed by atoms with E-state index < -0.39 is 8.07 Å². The molecule has 0 unspecified atom stereocenters. The summed E-state index contributed by atoms with van der Waals surface area (Å²) in [6.07, 6.45) is 0. The molecule has 0 saturated heterocycles. The first-order chi connectivity index (χ1) is 17.5. The highest BCUT2D eigenvalue weighted by Crippen LogP contribution is 2.34. The van der Waals surface area contributed by atoms with Crippen molar-refractivity contribution in [3.8, 4) is 0 Å². The summed E-state index contributed by atoms with van der Waals surface area (Å²) in [4.78, 5) is 0. The number of benzene rings is 5. The third-order valence-corrected chi connectivity index (χ3v) is 13.6. The summed E-state index contributed by atoms with van der Waals surface area (Å²) < 4.78 is 2.77. The Morgan fingerprint density at radius 3 is 1.75 bits per heavy atom. The molecule has 2 heteroatoms. The van der Waals surface area contributed by atoms with Crippen LogP contribution in [0.25, 0.3) is 20.2 Å². The van der Waals surface area contributed by atoms with Crippen LogP contribution in [0, 0.1) is 0 Å². The summed E-state index contributed by atoms with van der Waals surface area (Å²) in [6, 6.07) is 47.8. The number of thiophene rings is 1. The van der Waals surface area contributed by atoms with E-state index in [1.54, 1.807) is 0 Å². The Balaban J connectivity index is 1.81. The highest BCUT2D eigenvalue weighted by molar-refractivity contribution is 7.30. The van der Waals surface area contributed by atoms with E-state index in [0.717, 1.165) is 0 Å². The van der Waals surface area contributed by atoms with Gasteiger partial charge in [-0.2, -0.15) is 0 Å². The molecule has 6 rings (SSSR count). The van der Waals surface area contributed by atoms with Gasteiger partial charge in [0.25, 0.3) is 0 Å². The van der Waals surface area contributed by atoms with Crippen molar-refractivity contribution in [2.24, 2.45) is 0 Å². The van der Waals surface area contributed by atoms with Crippen LogP contribution in [0.3, 0.4) is 0 Å². The molecule has 6 aromatic rings. The minimum absolute atomic E-state index is 0.0765. The Bertz CT molecular complexity index is 1620. The van der Waals surface area contributed by atoms with Crippen LogP contribution in [0.2, 0.25) is 0 Å². The second-order valence-electron chi connectivity index (χ2n) is 10.6. The fourth-order valence-electron chi connectivity index (χ4n) is 5.60. The largest absolute Gasteiger partial charge is 0.181 e. The van der Waals surface area contributed by atoms with E-state index in [0.29, 0.717) is 0 Å². The lowest BCUT2D eigenvalue weighted by Crippen LogP contribution is -2.74. The van der Waals surface area contributed by atoms with Crippen molar-refractivity contribution in [1.82, 2.24) is 0 Å². The Morgan fingerprint density at radius 2 is 1.08 bits per heavy atom. The number of hydrogen-bond acceptors (Lipinski definition) is 1. The maximum absolute atomic E-state index is 2.63. The molecule has 0 radical (unpaired) electrons. The summed E-state index contributed by atoms with van der Waals surface area (Å²) in [5.41, 5.74) is 1.46. The lowest BCUT2D eigenvalue weighted by Gasteiger charge is -2.35. The number of fused-ring (bicyclic) bond motifs is 3. The van der Waals surface area contributed by atoms with Crippen molar-refractivity contribution in [1.29, 1.82) is 0 Å². The van der Waals surface area contributed by atoms with Crippen molar-refractivity contribution in [3.05, 3.63) is 133 Å². The minimum Gasteiger partial charge on any atom is -0.135 e. The van der Waals surface area contributed by atoms with Gasteiger partial charge in [-0.1, -0.05) is 142 Å². The highest BCUT2D eigenvalue weighted by Gasteiger charge is 2.43. The molecule has 0 nitrogen and oxygen atoms in total. The quantitative estimate of drug-likeness (QED) is 0.187. The Hall–Kier alpha value is -3.46. The second-order valence-corrected chi connectivity index (χ2v) is 15.4. The van der Waals surface area contributed by atoms with Crippen LogP contribution in [0.15, 0.2) is 127 Å². The zero-order valence-electron chi connectivity index (χ0n) is 21.0. The minimum atomic E-state index is -2.63. The molecule has 176 valence electrons. The maximum atomic E-state index is 2.50. The second kappa shape index (κ2) is 8.88. The van der Waals surface area contributed by atoms with Crippen LogP contribution in [0.5, 0.6) is 0 Å². The van der Waals surface area contributed by atoms with Gasteiger partial charge in [0.1, 0.15) is 0 Å². The molecule has 0 atom stereocenters. The van der Waals surface area contributed by atoms with E-state index in [1.807, 2.05) is 11.3 Å². The number of hydrogen-bond donors (Lipinski definition) is 0. The van der Waals surface area contributed by atoms with Crippen LogP contribution in [-0.2, 0) is 5.41 Å². The molecule has 0 N–H and O–H groups in total. The summed E-state index contributed by atoms with van der Waals surface area (Å²) in [6.45, 7) is 6.94. The smallest absolute Gasteiger partial charge is 0.135 e. The van der Waals surface area contributed by atoms with Crippen LogP contribution >= 0.6 is 11.3 Å². The fourth-order valence-corrected chi connectivity index (χ4v) is 12.2. The maximum Gasteiger partial charge on any atom is 0.181 e. The van der Waals surface area contributed by atoms with E-state index in [-0.39, 0.29) is 5.41 Å². The monoisotopic (exact) mass is 498 g/mol. The van der Waals surface area contributed by atoms with Gasteiger partial charge >= 0.3 is 0 Å². The van der Waals surface area contributed by atoms with Gasteiger partial charge in [-0.25, -0.2) is 0 Å². The van der Waals surface area contributed by atoms with Gasteiger partial charge in [-0.05, 0) is 37.8 Å². The van der Waals surface area contributed by atoms with Crippen molar-refractivity contribution >= 4 is 60.3 Å². The topological polar surface area (TPSA) is 0 Å². The molecule has 0 fully saturated rings. The number of rotatable bonds is 4. The normalized spacial score (nSPS) is 12.3. The zero-order valence-corrected chi connectivity index (χ0v) is 22.8. The van der Waals surface area contributed by atoms with Gasteiger partial charge < -0.3 is 0 Å². The lowest BCUT2D eigenvalue weighted by molar-refractivity contribution is 0.591. The van der Waals surface area contributed by atoms with Crippen molar-refractivity contribution in [2.75, 3.05) is 0 Å². The first kappa shape index (κ1) is 23.0. The van der Waals surface area contributed by atoms with Crippen molar-refractivity contribution < 1.29 is 0 Å². The standard InChI is InChI=1S/C34H30SSi/c1-34(2,3)25-14-12-19-28(24-25)36(26-15-6-4-7-16-26,27-17-8-5-9-18-27)32-23-13-21-30-29-20-10-11-22-31(29)35-33(30)32/h4-24H,1-3H3. The van der Waals surface area contributed by atoms with Crippen LogP contribution < -0.4 is 20.7 Å². The van der Waals surface area contributed by atoms with Gasteiger partial charge in [0.2, 0.25) is 0 Å². The first-order valence-corrected chi connectivity index (χ1v) is 15.4. The molecule has 0 amide bonds. The summed E-state index contributed by atoms with van der Waals surface area (Å²) in [5, 5.41) is 8.48. The van der Waals surface area contributed by atoms with E-state index in [9.17, 15) is 0 Å². The van der Waals surface area contributed by atoms with Crippen molar-refractivity contribution in [2.45, 2.75) is 26.2 Å². The predicted octanol–water partition coefficient (Wildman–Crippen LogP) is 6.73. The molecular formula is C34H30SSi. The molecule has 1 heterocycles. The zero-order chi connectivity index (χ0) is 24.8. The van der Waals surface area contributed by atoms with Gasteiger partial charge in [0.05, 0.1) is 0 Å². The average molecular weight is 499 g/mol. The van der Waals surface area contributed by atoms with Crippen LogP contribution in [0.4, 0.5) is 0 Å². The molecule has 0 saturated carbocycles. The third kappa shape index (κ3) is 3.64. The van der Waals surface area contributed by atoms with Gasteiger partial charge in [0, 0.05) is 20.2 Å². The van der Waals surface area contributed by atoms with E-state index in [4.69, 9.17) is 0 Å². The van der Waals surface area contributed by atoms with E-state index in [2.05, 4.69) is 148 Å². The van der Waals surface area contributed by atoms with Gasteiger partial charge in [-0.15, -0.1) is 11.3 Å². The molecule has 0 bridgehead atoms. The molecule has 1 aromatic heterocycles. The Labute approximate surface area is 218 Å². The lowest BCUT2D eigenvalue weighted by atomic mass is 9.87. The van der Waals surface area contributed by atoms with E-state index in [1.165, 1.54) is 46.5 Å². The Morgan fingerprint density at radius 1 is 0.528 bits per heavy atom. The van der Waals surface area contributed by atoms with Crippen molar-refractivity contribution in [3.63, 3.8) is 0 Å². The SMILES string of the molecule is CC(C)(C)c1cccc([Si](c2ccccc2)(c2ccccc2)c2cccc3c2sc2ccccc23)c1. The molecule has 5 aromatic carbocycles. The molecular weight excluding hydrogens is 469 g/mol. The molecule has 0 aliphatic heterocycles. The van der Waals surface area contributed by atoms with Gasteiger partial charge in [-0.3, -0.25) is 0 Å². The highest BCUT2D eigenvalue weighted by atomic mass is 32.1. The summed E-state index contributed by atoms with van der Waals surface area (Å²) in [5.74, 6) is 0. The van der Waals surface area contributed by atoms with Crippen LogP contribution in [-0.4, -0.2) is 8.07 Å². The molecule has 0 aliphatic rings. The fraction of sp³-hybridized carbons (Fsp3) is 0.118. The summed E-state index contributed by atoms with van der Waals surface area (Å²) >= 11 is 1.94. The van der Waals surface area contributed by atoms with E-state index >= 15 is 0 Å². The Kier molecular flexibility index (Phi) is 5.67. The third-order valence-electron chi connectivity index (χ3n) is 7.38. The predicted molar refractivity (Wildman–Crippen MR) is 162 cm³/mol.